The number of nitrogens with zero attached hydrogens (tertiary/aromatic N) is 1. The summed E-state index contributed by atoms with van der Waals surface area (Å²) in [5.74, 6) is 0. The fraction of sp³-hybridized carbons (Fsp3) is 0.562. The maximum atomic E-state index is 12.4. The molecule has 0 aromatic heterocycles. The molecule has 0 unspecified atom stereocenters. The molecule has 0 saturated carbocycles. The molecule has 1 aromatic carbocycles. The fourth-order valence-electron chi connectivity index (χ4n) is 2.57. The van der Waals surface area contributed by atoms with E-state index >= 15 is 0 Å². The lowest BCUT2D eigenvalue weighted by Gasteiger charge is -2.26. The Hall–Kier alpha value is -1.76. The Morgan fingerprint density at radius 3 is 2.30 bits per heavy atom. The number of alkyl halides is 3. The zero-order chi connectivity index (χ0) is 16.7. The van der Waals surface area contributed by atoms with Gasteiger partial charge in [0, 0.05) is 19.6 Å². The number of likely N-dealkylation sites (tertiary alicyclic amines) is 1. The van der Waals surface area contributed by atoms with Crippen LogP contribution in [0.1, 0.15) is 30.4 Å². The van der Waals surface area contributed by atoms with Crippen molar-refractivity contribution in [2.75, 3.05) is 26.2 Å². The third kappa shape index (κ3) is 6.09. The van der Waals surface area contributed by atoms with Gasteiger partial charge >= 0.3 is 12.2 Å². The minimum atomic E-state index is -4.34. The van der Waals surface area contributed by atoms with Gasteiger partial charge < -0.3 is 15.5 Å². The standard InChI is InChI=1S/C16H22F3N3O/c17-16(18,19)14-6-4-13(5-7-14)12-21-15(23)20-8-11-22-9-2-1-3-10-22/h4-7H,1-3,8-12H2,(H2,20,21,23). The molecule has 128 valence electrons. The molecule has 0 aliphatic carbocycles. The van der Waals surface area contributed by atoms with Crippen LogP contribution in [-0.4, -0.2) is 37.1 Å². The van der Waals surface area contributed by atoms with E-state index in [-0.39, 0.29) is 12.6 Å². The number of halogens is 3. The number of benzene rings is 1. The summed E-state index contributed by atoms with van der Waals surface area (Å²) in [6.07, 6.45) is -0.643. The number of hydrogen-bond acceptors (Lipinski definition) is 2. The molecule has 1 saturated heterocycles. The van der Waals surface area contributed by atoms with Crippen LogP contribution in [0.2, 0.25) is 0 Å². The van der Waals surface area contributed by atoms with Crippen LogP contribution in [0.4, 0.5) is 18.0 Å². The van der Waals surface area contributed by atoms with E-state index < -0.39 is 11.7 Å². The molecular formula is C16H22F3N3O. The van der Waals surface area contributed by atoms with Crippen molar-refractivity contribution in [1.29, 1.82) is 0 Å². The average Bonchev–Trinajstić information content (AvgIpc) is 2.53. The Morgan fingerprint density at radius 1 is 1.04 bits per heavy atom. The summed E-state index contributed by atoms with van der Waals surface area (Å²) in [6, 6.07) is 4.48. The van der Waals surface area contributed by atoms with Crippen molar-refractivity contribution in [3.8, 4) is 0 Å². The molecule has 1 heterocycles. The van der Waals surface area contributed by atoms with Crippen molar-refractivity contribution >= 4 is 6.03 Å². The van der Waals surface area contributed by atoms with Crippen molar-refractivity contribution in [1.82, 2.24) is 15.5 Å². The highest BCUT2D eigenvalue weighted by Gasteiger charge is 2.29. The predicted octanol–water partition coefficient (Wildman–Crippen LogP) is 2.99. The summed E-state index contributed by atoms with van der Waals surface area (Å²) in [5, 5.41) is 5.41. The van der Waals surface area contributed by atoms with Crippen molar-refractivity contribution < 1.29 is 18.0 Å². The summed E-state index contributed by atoms with van der Waals surface area (Å²) in [6.45, 7) is 3.75. The molecule has 2 amide bonds. The maximum Gasteiger partial charge on any atom is 0.416 e. The van der Waals surface area contributed by atoms with E-state index in [4.69, 9.17) is 0 Å². The van der Waals surface area contributed by atoms with Gasteiger partial charge in [-0.3, -0.25) is 0 Å². The maximum absolute atomic E-state index is 12.4. The number of amides is 2. The zero-order valence-corrected chi connectivity index (χ0v) is 13.0. The summed E-state index contributed by atoms with van der Waals surface area (Å²) in [4.78, 5) is 14.0. The van der Waals surface area contributed by atoms with Crippen LogP contribution >= 0.6 is 0 Å². The number of hydrogen-bond donors (Lipinski definition) is 2. The highest BCUT2D eigenvalue weighted by Crippen LogP contribution is 2.28. The number of carbonyl (C=O) groups is 1. The number of piperidine rings is 1. The number of rotatable bonds is 5. The third-order valence-electron chi connectivity index (χ3n) is 3.90. The number of urea groups is 1. The third-order valence-corrected chi connectivity index (χ3v) is 3.90. The average molecular weight is 329 g/mol. The fourth-order valence-corrected chi connectivity index (χ4v) is 2.57. The summed E-state index contributed by atoms with van der Waals surface area (Å²) < 4.78 is 37.3. The number of carbonyl (C=O) groups excluding carboxylic acids is 1. The summed E-state index contributed by atoms with van der Waals surface area (Å²) >= 11 is 0. The topological polar surface area (TPSA) is 44.4 Å². The van der Waals surface area contributed by atoms with Crippen LogP contribution in [0.15, 0.2) is 24.3 Å². The molecule has 0 spiro atoms. The minimum Gasteiger partial charge on any atom is -0.337 e. The lowest BCUT2D eigenvalue weighted by Crippen LogP contribution is -2.41. The quantitative estimate of drug-likeness (QED) is 0.872. The first-order valence-corrected chi connectivity index (χ1v) is 7.85. The van der Waals surface area contributed by atoms with E-state index in [2.05, 4.69) is 15.5 Å². The van der Waals surface area contributed by atoms with Gasteiger partial charge in [-0.15, -0.1) is 0 Å². The lowest BCUT2D eigenvalue weighted by molar-refractivity contribution is -0.137. The van der Waals surface area contributed by atoms with Crippen LogP contribution < -0.4 is 10.6 Å². The first-order chi connectivity index (χ1) is 10.9. The first kappa shape index (κ1) is 17.6. The molecule has 0 radical (unpaired) electrons. The van der Waals surface area contributed by atoms with Crippen LogP contribution in [0.25, 0.3) is 0 Å². The zero-order valence-electron chi connectivity index (χ0n) is 13.0. The normalized spacial score (nSPS) is 16.1. The Kier molecular flexibility index (Phi) is 6.27. The van der Waals surface area contributed by atoms with Gasteiger partial charge in [0.05, 0.1) is 5.56 Å². The van der Waals surface area contributed by atoms with E-state index in [0.717, 1.165) is 31.8 Å². The second kappa shape index (κ2) is 8.19. The molecule has 2 rings (SSSR count). The molecule has 4 nitrogen and oxygen atoms in total. The molecule has 7 heteroatoms. The van der Waals surface area contributed by atoms with E-state index in [1.165, 1.54) is 31.4 Å². The van der Waals surface area contributed by atoms with E-state index in [9.17, 15) is 18.0 Å². The van der Waals surface area contributed by atoms with Gasteiger partial charge in [0.1, 0.15) is 0 Å². The lowest BCUT2D eigenvalue weighted by atomic mass is 10.1. The van der Waals surface area contributed by atoms with Gasteiger partial charge in [-0.1, -0.05) is 18.6 Å². The van der Waals surface area contributed by atoms with Gasteiger partial charge in [0.25, 0.3) is 0 Å². The van der Waals surface area contributed by atoms with Crippen molar-refractivity contribution in [3.05, 3.63) is 35.4 Å². The summed E-state index contributed by atoms with van der Waals surface area (Å²) in [5.41, 5.74) is -0.0589. The molecule has 0 bridgehead atoms. The summed E-state index contributed by atoms with van der Waals surface area (Å²) in [7, 11) is 0. The van der Waals surface area contributed by atoms with E-state index in [1.807, 2.05) is 0 Å². The largest absolute Gasteiger partial charge is 0.416 e. The Labute approximate surface area is 134 Å². The van der Waals surface area contributed by atoms with Crippen molar-refractivity contribution in [2.45, 2.75) is 32.0 Å². The molecule has 1 aliphatic rings. The highest BCUT2D eigenvalue weighted by atomic mass is 19.4. The highest BCUT2D eigenvalue weighted by molar-refractivity contribution is 5.73. The Morgan fingerprint density at radius 2 is 1.70 bits per heavy atom. The van der Waals surface area contributed by atoms with Crippen LogP contribution in [0.3, 0.4) is 0 Å². The van der Waals surface area contributed by atoms with Crippen molar-refractivity contribution in [2.24, 2.45) is 0 Å². The van der Waals surface area contributed by atoms with Crippen molar-refractivity contribution in [3.63, 3.8) is 0 Å². The van der Waals surface area contributed by atoms with Gasteiger partial charge in [-0.05, 0) is 43.6 Å². The van der Waals surface area contributed by atoms with Gasteiger partial charge in [-0.2, -0.15) is 13.2 Å². The second-order valence-corrected chi connectivity index (χ2v) is 5.71. The van der Waals surface area contributed by atoms with Gasteiger partial charge in [0.2, 0.25) is 0 Å². The molecule has 2 N–H and O–H groups in total. The predicted molar refractivity (Wildman–Crippen MR) is 82.0 cm³/mol. The second-order valence-electron chi connectivity index (χ2n) is 5.71. The van der Waals surface area contributed by atoms with Crippen LogP contribution in [0, 0.1) is 0 Å². The van der Waals surface area contributed by atoms with Crippen LogP contribution in [-0.2, 0) is 12.7 Å². The van der Waals surface area contributed by atoms with Gasteiger partial charge in [0.15, 0.2) is 0 Å². The van der Waals surface area contributed by atoms with Crippen LogP contribution in [0.5, 0.6) is 0 Å². The monoisotopic (exact) mass is 329 g/mol. The number of nitrogens with one attached hydrogen (secondary N) is 2. The SMILES string of the molecule is O=C(NCCN1CCCCC1)NCc1ccc(C(F)(F)F)cc1. The Bertz CT molecular complexity index is 496. The minimum absolute atomic E-state index is 0.202. The molecule has 0 atom stereocenters. The van der Waals surface area contributed by atoms with E-state index in [1.54, 1.807) is 0 Å². The van der Waals surface area contributed by atoms with Gasteiger partial charge in [-0.25, -0.2) is 4.79 Å². The first-order valence-electron chi connectivity index (χ1n) is 7.85. The molecule has 1 fully saturated rings. The molecular weight excluding hydrogens is 307 g/mol. The van der Waals surface area contributed by atoms with E-state index in [0.29, 0.717) is 12.1 Å². The molecule has 1 aromatic rings. The molecule has 23 heavy (non-hydrogen) atoms. The molecule has 1 aliphatic heterocycles. The smallest absolute Gasteiger partial charge is 0.337 e. The Balaban J connectivity index is 1.65.